The topological polar surface area (TPSA) is 24.5 Å². The summed E-state index contributed by atoms with van der Waals surface area (Å²) in [5.41, 5.74) is 5.33. The Bertz CT molecular complexity index is 464. The van der Waals surface area contributed by atoms with E-state index in [-0.39, 0.29) is 0 Å². The van der Waals surface area contributed by atoms with Gasteiger partial charge < -0.3 is 15.0 Å². The Morgan fingerprint density at radius 3 is 2.26 bits per heavy atom. The van der Waals surface area contributed by atoms with E-state index in [1.165, 1.54) is 22.3 Å². The third-order valence-corrected chi connectivity index (χ3v) is 4.40. The van der Waals surface area contributed by atoms with Crippen LogP contribution in [0.1, 0.15) is 28.3 Å². The zero-order chi connectivity index (χ0) is 14.2. The van der Waals surface area contributed by atoms with Gasteiger partial charge in [0.15, 0.2) is 0 Å². The average molecular weight is 262 g/mol. The van der Waals surface area contributed by atoms with Gasteiger partial charge in [-0.1, -0.05) is 6.07 Å². The largest absolute Gasteiger partial charge is 0.496 e. The van der Waals surface area contributed by atoms with E-state index in [2.05, 4.69) is 51.1 Å². The van der Waals surface area contributed by atoms with Crippen LogP contribution in [0.25, 0.3) is 0 Å². The molecule has 1 unspecified atom stereocenters. The number of methoxy groups -OCH3 is 1. The Morgan fingerprint density at radius 2 is 1.84 bits per heavy atom. The number of rotatable bonds is 4. The van der Waals surface area contributed by atoms with Crippen LogP contribution in [-0.2, 0) is 0 Å². The summed E-state index contributed by atoms with van der Waals surface area (Å²) in [7, 11) is 6.11. The number of aryl methyl sites for hydroxylation is 1. The predicted octanol–water partition coefficient (Wildman–Crippen LogP) is 2.44. The van der Waals surface area contributed by atoms with Gasteiger partial charge in [0.1, 0.15) is 5.75 Å². The zero-order valence-corrected chi connectivity index (χ0v) is 13.0. The third-order valence-electron chi connectivity index (χ3n) is 4.40. The molecule has 0 amide bonds. The normalized spacial score (nSPS) is 17.4. The molecule has 0 radical (unpaired) electrons. The van der Waals surface area contributed by atoms with Gasteiger partial charge in [0.05, 0.1) is 7.11 Å². The molecule has 1 fully saturated rings. The Balaban J connectivity index is 2.48. The van der Waals surface area contributed by atoms with Gasteiger partial charge in [-0.3, -0.25) is 0 Å². The van der Waals surface area contributed by atoms with Crippen LogP contribution >= 0.6 is 0 Å². The molecule has 3 nitrogen and oxygen atoms in total. The van der Waals surface area contributed by atoms with Crippen molar-refractivity contribution < 1.29 is 4.74 Å². The van der Waals surface area contributed by atoms with Crippen molar-refractivity contribution in [1.82, 2.24) is 10.2 Å². The van der Waals surface area contributed by atoms with Gasteiger partial charge in [-0.25, -0.2) is 0 Å². The van der Waals surface area contributed by atoms with E-state index in [1.807, 2.05) is 0 Å². The third kappa shape index (κ3) is 2.49. The van der Waals surface area contributed by atoms with Gasteiger partial charge in [0, 0.05) is 25.0 Å². The lowest BCUT2D eigenvalue weighted by Crippen LogP contribution is -2.48. The van der Waals surface area contributed by atoms with E-state index in [0.29, 0.717) is 12.0 Å². The summed E-state index contributed by atoms with van der Waals surface area (Å²) in [4.78, 5) is 2.35. The van der Waals surface area contributed by atoms with E-state index in [0.717, 1.165) is 18.8 Å². The van der Waals surface area contributed by atoms with Crippen LogP contribution in [0.2, 0.25) is 0 Å². The molecule has 0 saturated carbocycles. The minimum atomic E-state index is 0.490. The number of hydrogen-bond donors (Lipinski definition) is 1. The van der Waals surface area contributed by atoms with Crippen LogP contribution in [-0.4, -0.2) is 39.2 Å². The summed E-state index contributed by atoms with van der Waals surface area (Å²) < 4.78 is 5.53. The van der Waals surface area contributed by atoms with Crippen LogP contribution in [0.4, 0.5) is 0 Å². The van der Waals surface area contributed by atoms with E-state index < -0.39 is 0 Å². The highest BCUT2D eigenvalue weighted by Gasteiger charge is 2.31. The molecular formula is C16H26N2O. The van der Waals surface area contributed by atoms with Gasteiger partial charge in [-0.2, -0.15) is 0 Å². The number of nitrogens with zero attached hydrogens (tertiary/aromatic N) is 1. The van der Waals surface area contributed by atoms with E-state index >= 15 is 0 Å². The predicted molar refractivity (Wildman–Crippen MR) is 80.0 cm³/mol. The SMILES string of the molecule is COc1c(C)cc(C(C2CNC2)N(C)C)c(C)c1C. The molecule has 1 aromatic carbocycles. The Labute approximate surface area is 116 Å². The fourth-order valence-electron chi connectivity index (χ4n) is 3.20. The number of benzene rings is 1. The molecule has 0 spiro atoms. The fourth-order valence-corrected chi connectivity index (χ4v) is 3.20. The van der Waals surface area contributed by atoms with E-state index in [1.54, 1.807) is 7.11 Å². The number of hydrogen-bond acceptors (Lipinski definition) is 3. The Hall–Kier alpha value is -1.06. The van der Waals surface area contributed by atoms with Gasteiger partial charge in [0.2, 0.25) is 0 Å². The highest BCUT2D eigenvalue weighted by atomic mass is 16.5. The molecule has 0 aliphatic carbocycles. The second-order valence-corrected chi connectivity index (χ2v) is 5.89. The molecule has 1 atom stereocenters. The lowest BCUT2D eigenvalue weighted by atomic mass is 9.83. The first-order valence-electron chi connectivity index (χ1n) is 6.99. The molecule has 1 aliphatic rings. The molecule has 0 aromatic heterocycles. The lowest BCUT2D eigenvalue weighted by Gasteiger charge is -2.40. The summed E-state index contributed by atoms with van der Waals surface area (Å²) in [5, 5.41) is 3.39. The van der Waals surface area contributed by atoms with Gasteiger partial charge in [0.25, 0.3) is 0 Å². The van der Waals surface area contributed by atoms with Gasteiger partial charge in [-0.15, -0.1) is 0 Å². The monoisotopic (exact) mass is 262 g/mol. The molecule has 1 aromatic rings. The second kappa shape index (κ2) is 5.51. The second-order valence-electron chi connectivity index (χ2n) is 5.89. The smallest absolute Gasteiger partial charge is 0.124 e. The maximum atomic E-state index is 5.53. The number of ether oxygens (including phenoxy) is 1. The summed E-state index contributed by atoms with van der Waals surface area (Å²) in [5.74, 6) is 1.74. The van der Waals surface area contributed by atoms with Crippen molar-refractivity contribution in [1.29, 1.82) is 0 Å². The maximum Gasteiger partial charge on any atom is 0.124 e. The van der Waals surface area contributed by atoms with Crippen molar-refractivity contribution in [3.8, 4) is 5.75 Å². The van der Waals surface area contributed by atoms with Gasteiger partial charge in [-0.05, 0) is 57.1 Å². The fraction of sp³-hybridized carbons (Fsp3) is 0.625. The molecule has 1 heterocycles. The molecule has 1 aliphatic heterocycles. The quantitative estimate of drug-likeness (QED) is 0.902. The first-order valence-corrected chi connectivity index (χ1v) is 6.99. The van der Waals surface area contributed by atoms with Crippen molar-refractivity contribution in [2.75, 3.05) is 34.3 Å². The van der Waals surface area contributed by atoms with Crippen molar-refractivity contribution in [3.05, 3.63) is 28.3 Å². The van der Waals surface area contributed by atoms with Crippen LogP contribution < -0.4 is 10.1 Å². The molecule has 106 valence electrons. The van der Waals surface area contributed by atoms with Crippen LogP contribution in [0.5, 0.6) is 5.75 Å². The van der Waals surface area contributed by atoms with E-state index in [4.69, 9.17) is 4.74 Å². The highest BCUT2D eigenvalue weighted by Crippen LogP contribution is 2.37. The van der Waals surface area contributed by atoms with E-state index in [9.17, 15) is 0 Å². The lowest BCUT2D eigenvalue weighted by molar-refractivity contribution is 0.160. The zero-order valence-electron chi connectivity index (χ0n) is 13.0. The maximum absolute atomic E-state index is 5.53. The van der Waals surface area contributed by atoms with Crippen molar-refractivity contribution in [3.63, 3.8) is 0 Å². The molecule has 1 N–H and O–H groups in total. The molecular weight excluding hydrogens is 236 g/mol. The van der Waals surface area contributed by atoms with Crippen molar-refractivity contribution >= 4 is 0 Å². The van der Waals surface area contributed by atoms with Crippen LogP contribution in [0.15, 0.2) is 6.07 Å². The molecule has 2 rings (SSSR count). The van der Waals surface area contributed by atoms with Crippen LogP contribution in [0, 0.1) is 26.7 Å². The molecule has 1 saturated heterocycles. The highest BCUT2D eigenvalue weighted by molar-refractivity contribution is 5.50. The standard InChI is InChI=1S/C16H26N2O/c1-10-7-14(11(2)12(3)16(10)19-6)15(18(4)5)13-8-17-9-13/h7,13,15,17H,8-9H2,1-6H3. The first-order chi connectivity index (χ1) is 8.97. The molecule has 3 heteroatoms. The minimum absolute atomic E-state index is 0.490. The molecule has 19 heavy (non-hydrogen) atoms. The summed E-state index contributed by atoms with van der Waals surface area (Å²) in [6.07, 6.45) is 0. The van der Waals surface area contributed by atoms with Crippen LogP contribution in [0.3, 0.4) is 0 Å². The minimum Gasteiger partial charge on any atom is -0.496 e. The summed E-state index contributed by atoms with van der Waals surface area (Å²) >= 11 is 0. The van der Waals surface area contributed by atoms with Crippen molar-refractivity contribution in [2.24, 2.45) is 5.92 Å². The molecule has 0 bridgehead atoms. The summed E-state index contributed by atoms with van der Waals surface area (Å²) in [6, 6.07) is 2.80. The number of nitrogens with one attached hydrogen (secondary N) is 1. The Morgan fingerprint density at radius 1 is 1.21 bits per heavy atom. The average Bonchev–Trinajstić information content (AvgIpc) is 2.29. The van der Waals surface area contributed by atoms with Crippen molar-refractivity contribution in [2.45, 2.75) is 26.8 Å². The van der Waals surface area contributed by atoms with Gasteiger partial charge >= 0.3 is 0 Å². The first kappa shape index (κ1) is 14.4. The Kier molecular flexibility index (Phi) is 4.16. The summed E-state index contributed by atoms with van der Waals surface area (Å²) in [6.45, 7) is 8.75.